The zero-order valence-electron chi connectivity index (χ0n) is 13.2. The third-order valence-electron chi connectivity index (χ3n) is 4.14. The van der Waals surface area contributed by atoms with Crippen LogP contribution in [0.5, 0.6) is 0 Å². The third kappa shape index (κ3) is 2.76. The van der Waals surface area contributed by atoms with E-state index >= 15 is 0 Å². The highest BCUT2D eigenvalue weighted by molar-refractivity contribution is 5.99. The van der Waals surface area contributed by atoms with Crippen molar-refractivity contribution in [3.8, 4) is 17.1 Å². The molecule has 0 atom stereocenters. The molecule has 1 aliphatic heterocycles. The van der Waals surface area contributed by atoms with Crippen LogP contribution in [0.1, 0.15) is 16.8 Å². The van der Waals surface area contributed by atoms with Crippen LogP contribution in [0.3, 0.4) is 0 Å². The molecule has 1 fully saturated rings. The molecule has 0 saturated carbocycles. The fourth-order valence-electron chi connectivity index (χ4n) is 2.68. The van der Waals surface area contributed by atoms with Crippen LogP contribution in [0.2, 0.25) is 0 Å². The molecular formula is C18H14N4O3. The summed E-state index contributed by atoms with van der Waals surface area (Å²) in [5.41, 5.74) is 2.51. The normalized spacial score (nSPS) is 13.6. The van der Waals surface area contributed by atoms with E-state index in [1.165, 1.54) is 6.07 Å². The first-order chi connectivity index (χ1) is 12.1. The maximum absolute atomic E-state index is 11.5. The molecule has 4 rings (SSSR count). The van der Waals surface area contributed by atoms with Crippen molar-refractivity contribution in [3.63, 3.8) is 0 Å². The van der Waals surface area contributed by atoms with E-state index < -0.39 is 5.97 Å². The number of hydrogen-bond acceptors (Lipinski definition) is 4. The first-order valence-electron chi connectivity index (χ1n) is 7.78. The Morgan fingerprint density at radius 2 is 1.84 bits per heavy atom. The van der Waals surface area contributed by atoms with Crippen LogP contribution in [0, 0.1) is 0 Å². The van der Waals surface area contributed by atoms with Gasteiger partial charge in [0.15, 0.2) is 5.82 Å². The Labute approximate surface area is 143 Å². The maximum Gasteiger partial charge on any atom is 0.335 e. The van der Waals surface area contributed by atoms with Crippen molar-refractivity contribution in [1.29, 1.82) is 0 Å². The van der Waals surface area contributed by atoms with Crippen LogP contribution in [0.25, 0.3) is 17.1 Å². The summed E-state index contributed by atoms with van der Waals surface area (Å²) >= 11 is 0. The highest BCUT2D eigenvalue weighted by Crippen LogP contribution is 2.23. The molecule has 7 heteroatoms. The first kappa shape index (κ1) is 15.1. The fourth-order valence-corrected chi connectivity index (χ4v) is 2.68. The molecule has 1 saturated heterocycles. The molecule has 0 spiro atoms. The van der Waals surface area contributed by atoms with E-state index in [1.807, 2.05) is 24.3 Å². The van der Waals surface area contributed by atoms with E-state index in [-0.39, 0.29) is 11.5 Å². The summed E-state index contributed by atoms with van der Waals surface area (Å²) in [5, 5.41) is 13.5. The summed E-state index contributed by atoms with van der Waals surface area (Å²) in [4.78, 5) is 28.5. The number of carboxylic acids is 1. The molecule has 2 heterocycles. The molecule has 7 nitrogen and oxygen atoms in total. The number of carbonyl (C=O) groups excluding carboxylic acids is 1. The minimum Gasteiger partial charge on any atom is -0.478 e. The number of carbonyl (C=O) groups is 2. The van der Waals surface area contributed by atoms with Crippen LogP contribution in [-0.4, -0.2) is 38.3 Å². The summed E-state index contributed by atoms with van der Waals surface area (Å²) in [5.74, 6) is -0.406. The molecular weight excluding hydrogens is 320 g/mol. The fraction of sp³-hybridized carbons (Fsp3) is 0.111. The van der Waals surface area contributed by atoms with Gasteiger partial charge >= 0.3 is 5.97 Å². The van der Waals surface area contributed by atoms with Gasteiger partial charge in [-0.2, -0.15) is 0 Å². The van der Waals surface area contributed by atoms with Crippen molar-refractivity contribution in [2.45, 2.75) is 6.42 Å². The van der Waals surface area contributed by atoms with Crippen LogP contribution >= 0.6 is 0 Å². The number of anilines is 1. The number of amides is 1. The van der Waals surface area contributed by atoms with E-state index in [0.29, 0.717) is 17.8 Å². The zero-order valence-corrected chi connectivity index (χ0v) is 13.2. The second-order valence-electron chi connectivity index (χ2n) is 5.71. The molecule has 124 valence electrons. The number of aromatic carboxylic acids is 1. The van der Waals surface area contributed by atoms with Gasteiger partial charge in [0.1, 0.15) is 6.33 Å². The van der Waals surface area contributed by atoms with Crippen molar-refractivity contribution in [2.75, 3.05) is 11.4 Å². The second kappa shape index (κ2) is 5.86. The predicted octanol–water partition coefficient (Wildman–Crippen LogP) is 2.37. The average molecular weight is 334 g/mol. The number of aromatic nitrogens is 3. The summed E-state index contributed by atoms with van der Waals surface area (Å²) < 4.78 is 1.62. The maximum atomic E-state index is 11.5. The topological polar surface area (TPSA) is 88.3 Å². The van der Waals surface area contributed by atoms with Gasteiger partial charge < -0.3 is 10.0 Å². The molecule has 1 aromatic heterocycles. The lowest BCUT2D eigenvalue weighted by Gasteiger charge is -2.30. The van der Waals surface area contributed by atoms with Gasteiger partial charge in [-0.3, -0.25) is 4.79 Å². The average Bonchev–Trinajstić information content (AvgIpc) is 3.11. The second-order valence-corrected chi connectivity index (χ2v) is 5.71. The quantitative estimate of drug-likeness (QED) is 0.740. The van der Waals surface area contributed by atoms with Crippen LogP contribution in [0.4, 0.5) is 5.69 Å². The van der Waals surface area contributed by atoms with E-state index in [9.17, 15) is 9.59 Å². The van der Waals surface area contributed by atoms with Crippen molar-refractivity contribution in [1.82, 2.24) is 14.8 Å². The standard InChI is InChI=1S/C18H14N4O3/c23-16-8-9-21(16)14-4-6-15(7-5-14)22-11-19-17(20-22)12-2-1-3-13(10-12)18(24)25/h1-7,10-11H,8-9H2,(H,24,25). The molecule has 2 aromatic carbocycles. The molecule has 0 aliphatic carbocycles. The Morgan fingerprint density at radius 1 is 1.08 bits per heavy atom. The van der Waals surface area contributed by atoms with Crippen LogP contribution in [0.15, 0.2) is 54.9 Å². The van der Waals surface area contributed by atoms with Crippen LogP contribution < -0.4 is 4.90 Å². The molecule has 0 radical (unpaired) electrons. The summed E-state index contributed by atoms with van der Waals surface area (Å²) in [6.45, 7) is 0.756. The Balaban J connectivity index is 1.60. The molecule has 0 unspecified atom stereocenters. The number of β-lactam (4-membered cyclic amide) rings is 1. The minimum absolute atomic E-state index is 0.133. The van der Waals surface area contributed by atoms with Gasteiger partial charge in [-0.25, -0.2) is 14.5 Å². The van der Waals surface area contributed by atoms with E-state index in [2.05, 4.69) is 10.1 Å². The Kier molecular flexibility index (Phi) is 3.53. The van der Waals surface area contributed by atoms with Crippen molar-refractivity contribution < 1.29 is 14.7 Å². The number of nitrogens with zero attached hydrogens (tertiary/aromatic N) is 4. The molecule has 0 bridgehead atoms. The van der Waals surface area contributed by atoms with E-state index in [4.69, 9.17) is 5.11 Å². The van der Waals surface area contributed by atoms with Gasteiger partial charge in [-0.05, 0) is 36.4 Å². The zero-order chi connectivity index (χ0) is 17.4. The number of rotatable bonds is 4. The molecule has 1 N–H and O–H groups in total. The smallest absolute Gasteiger partial charge is 0.335 e. The summed E-state index contributed by atoms with van der Waals surface area (Å²) in [6.07, 6.45) is 2.18. The lowest BCUT2D eigenvalue weighted by molar-refractivity contribution is -0.122. The molecule has 1 aliphatic rings. The van der Waals surface area contributed by atoms with Crippen molar-refractivity contribution in [2.24, 2.45) is 0 Å². The van der Waals surface area contributed by atoms with Gasteiger partial charge in [0, 0.05) is 24.2 Å². The lowest BCUT2D eigenvalue weighted by Crippen LogP contribution is -2.43. The first-order valence-corrected chi connectivity index (χ1v) is 7.78. The van der Waals surface area contributed by atoms with Crippen molar-refractivity contribution in [3.05, 3.63) is 60.4 Å². The Morgan fingerprint density at radius 3 is 2.48 bits per heavy atom. The SMILES string of the molecule is O=C(O)c1cccc(-c2ncn(-c3ccc(N4CCC4=O)cc3)n2)c1. The highest BCUT2D eigenvalue weighted by atomic mass is 16.4. The molecule has 25 heavy (non-hydrogen) atoms. The number of benzene rings is 2. The van der Waals surface area contributed by atoms with Gasteiger partial charge in [-0.15, -0.1) is 5.10 Å². The Bertz CT molecular complexity index is 962. The number of carboxylic acid groups (broad SMARTS) is 1. The van der Waals surface area contributed by atoms with E-state index in [0.717, 1.165) is 17.9 Å². The van der Waals surface area contributed by atoms with E-state index in [1.54, 1.807) is 34.1 Å². The monoisotopic (exact) mass is 334 g/mol. The Hall–Kier alpha value is -3.48. The molecule has 3 aromatic rings. The number of hydrogen-bond donors (Lipinski definition) is 1. The third-order valence-corrected chi connectivity index (χ3v) is 4.14. The minimum atomic E-state index is -0.989. The van der Waals surface area contributed by atoms with Gasteiger partial charge in [0.2, 0.25) is 5.91 Å². The summed E-state index contributed by atoms with van der Waals surface area (Å²) in [7, 11) is 0. The lowest BCUT2D eigenvalue weighted by atomic mass is 10.1. The summed E-state index contributed by atoms with van der Waals surface area (Å²) in [6, 6.07) is 14.0. The predicted molar refractivity (Wildman–Crippen MR) is 90.7 cm³/mol. The van der Waals surface area contributed by atoms with Gasteiger partial charge in [-0.1, -0.05) is 12.1 Å². The van der Waals surface area contributed by atoms with Crippen LogP contribution in [-0.2, 0) is 4.79 Å². The largest absolute Gasteiger partial charge is 0.478 e. The highest BCUT2D eigenvalue weighted by Gasteiger charge is 2.24. The van der Waals surface area contributed by atoms with Gasteiger partial charge in [0.25, 0.3) is 0 Å². The van der Waals surface area contributed by atoms with Crippen molar-refractivity contribution >= 4 is 17.6 Å². The van der Waals surface area contributed by atoms with Gasteiger partial charge in [0.05, 0.1) is 11.3 Å². The molecule has 1 amide bonds.